The highest BCUT2D eigenvalue weighted by molar-refractivity contribution is 7.10. The maximum absolute atomic E-state index is 13.6. The number of fused-ring (bicyclic) bond motifs is 1. The third-order valence-corrected chi connectivity index (χ3v) is 7.58. The van der Waals surface area contributed by atoms with Crippen LogP contribution in [0, 0.1) is 13.8 Å². The minimum Gasteiger partial charge on any atom is -0.497 e. The Labute approximate surface area is 217 Å². The molecule has 190 valence electrons. The molecule has 2 amide bonds. The number of nitrogens with zero attached hydrogens (tertiary/aromatic N) is 2. The number of carbonyl (C=O) groups excluding carboxylic acids is 2. The van der Waals surface area contributed by atoms with Crippen LogP contribution in [0.5, 0.6) is 11.5 Å². The molecule has 0 saturated carbocycles. The Morgan fingerprint density at radius 2 is 1.89 bits per heavy atom. The van der Waals surface area contributed by atoms with Crippen LogP contribution in [0.4, 0.5) is 0 Å². The van der Waals surface area contributed by atoms with Crippen molar-refractivity contribution in [3.8, 4) is 11.5 Å². The molecule has 0 aliphatic carbocycles. The second-order valence-corrected chi connectivity index (χ2v) is 10.2. The molecule has 4 rings (SSSR count). The molecule has 0 N–H and O–H groups in total. The standard InChI is InChI=1S/C29H34N2O4S/c1-5-14-30(29(33)22-7-9-23(34-4)10-8-22)18-28(32)31-15-12-27-24(13-16-36-27)25(31)19-35-26-11-6-20(2)17-21(26)3/h6-11,13,16-17,25H,5,12,14-15,18-19H2,1-4H3/t25-/m1/s1. The first-order chi connectivity index (χ1) is 17.4. The molecular weight excluding hydrogens is 472 g/mol. The van der Waals surface area contributed by atoms with Crippen molar-refractivity contribution in [3.63, 3.8) is 0 Å². The molecule has 0 bridgehead atoms. The molecule has 2 heterocycles. The molecule has 1 aliphatic rings. The van der Waals surface area contributed by atoms with Gasteiger partial charge in [-0.1, -0.05) is 24.6 Å². The van der Waals surface area contributed by atoms with E-state index in [9.17, 15) is 9.59 Å². The molecule has 1 aromatic heterocycles. The van der Waals surface area contributed by atoms with Crippen LogP contribution in [0.25, 0.3) is 0 Å². The second-order valence-electron chi connectivity index (χ2n) is 9.19. The number of hydrogen-bond acceptors (Lipinski definition) is 5. The summed E-state index contributed by atoms with van der Waals surface area (Å²) < 4.78 is 11.5. The summed E-state index contributed by atoms with van der Waals surface area (Å²) in [4.78, 5) is 31.7. The van der Waals surface area contributed by atoms with Gasteiger partial charge in [0.25, 0.3) is 5.91 Å². The van der Waals surface area contributed by atoms with Gasteiger partial charge in [-0.15, -0.1) is 11.3 Å². The molecule has 6 nitrogen and oxygen atoms in total. The average molecular weight is 507 g/mol. The summed E-state index contributed by atoms with van der Waals surface area (Å²) in [7, 11) is 1.59. The Kier molecular flexibility index (Phi) is 8.31. The molecule has 3 aromatic rings. The van der Waals surface area contributed by atoms with Crippen LogP contribution in [-0.4, -0.2) is 55.0 Å². The topological polar surface area (TPSA) is 59.1 Å². The third kappa shape index (κ3) is 5.73. The van der Waals surface area contributed by atoms with Crippen molar-refractivity contribution in [2.75, 3.05) is 33.4 Å². The summed E-state index contributed by atoms with van der Waals surface area (Å²) in [6.45, 7) is 7.65. The van der Waals surface area contributed by atoms with Crippen molar-refractivity contribution >= 4 is 23.2 Å². The van der Waals surface area contributed by atoms with E-state index in [0.717, 1.165) is 29.7 Å². The normalized spacial score (nSPS) is 14.8. The van der Waals surface area contributed by atoms with Crippen molar-refractivity contribution in [3.05, 3.63) is 81.0 Å². The minimum atomic E-state index is -0.187. The SMILES string of the molecule is CCCN(CC(=O)N1CCc2sccc2[C@H]1COc1ccc(C)cc1C)C(=O)c1ccc(OC)cc1. The zero-order chi connectivity index (χ0) is 25.7. The largest absolute Gasteiger partial charge is 0.497 e. The van der Waals surface area contributed by atoms with E-state index in [0.29, 0.717) is 31.0 Å². The van der Waals surface area contributed by atoms with Gasteiger partial charge in [0.15, 0.2) is 0 Å². The number of carbonyl (C=O) groups is 2. The highest BCUT2D eigenvalue weighted by atomic mass is 32.1. The van der Waals surface area contributed by atoms with Gasteiger partial charge in [-0.25, -0.2) is 0 Å². The Morgan fingerprint density at radius 1 is 1.11 bits per heavy atom. The number of aryl methyl sites for hydroxylation is 2. The van der Waals surface area contributed by atoms with Gasteiger partial charge in [-0.2, -0.15) is 0 Å². The lowest BCUT2D eigenvalue weighted by Gasteiger charge is -2.37. The highest BCUT2D eigenvalue weighted by Crippen LogP contribution is 2.34. The highest BCUT2D eigenvalue weighted by Gasteiger charge is 2.33. The van der Waals surface area contributed by atoms with E-state index in [1.165, 1.54) is 10.4 Å². The van der Waals surface area contributed by atoms with Crippen LogP contribution in [0.15, 0.2) is 53.9 Å². The van der Waals surface area contributed by atoms with Gasteiger partial charge in [0, 0.05) is 23.5 Å². The zero-order valence-electron chi connectivity index (χ0n) is 21.5. The first kappa shape index (κ1) is 25.8. The van der Waals surface area contributed by atoms with E-state index >= 15 is 0 Å². The fourth-order valence-electron chi connectivity index (χ4n) is 4.70. The van der Waals surface area contributed by atoms with Gasteiger partial charge < -0.3 is 19.3 Å². The maximum atomic E-state index is 13.6. The molecule has 0 spiro atoms. The first-order valence-electron chi connectivity index (χ1n) is 12.4. The van der Waals surface area contributed by atoms with Gasteiger partial charge >= 0.3 is 0 Å². The van der Waals surface area contributed by atoms with E-state index in [4.69, 9.17) is 9.47 Å². The Bertz CT molecular complexity index is 1200. The Morgan fingerprint density at radius 3 is 2.58 bits per heavy atom. The fourth-order valence-corrected chi connectivity index (χ4v) is 5.63. The predicted molar refractivity (Wildman–Crippen MR) is 143 cm³/mol. The summed E-state index contributed by atoms with van der Waals surface area (Å²) in [6.07, 6.45) is 1.59. The summed E-state index contributed by atoms with van der Waals surface area (Å²) in [5.41, 5.74) is 3.96. The van der Waals surface area contributed by atoms with Crippen LogP contribution in [0.1, 0.15) is 51.3 Å². The van der Waals surface area contributed by atoms with Gasteiger partial charge in [0.05, 0.1) is 13.2 Å². The van der Waals surface area contributed by atoms with Gasteiger partial charge in [-0.3, -0.25) is 9.59 Å². The smallest absolute Gasteiger partial charge is 0.254 e. The number of methoxy groups -OCH3 is 1. The van der Waals surface area contributed by atoms with Crippen LogP contribution < -0.4 is 9.47 Å². The van der Waals surface area contributed by atoms with E-state index in [2.05, 4.69) is 24.4 Å². The lowest BCUT2D eigenvalue weighted by Crippen LogP contribution is -2.48. The van der Waals surface area contributed by atoms with E-state index in [1.54, 1.807) is 47.6 Å². The molecule has 1 atom stereocenters. The van der Waals surface area contributed by atoms with Crippen molar-refractivity contribution < 1.29 is 19.1 Å². The molecule has 0 fully saturated rings. The third-order valence-electron chi connectivity index (χ3n) is 6.59. The summed E-state index contributed by atoms with van der Waals surface area (Å²) in [6, 6.07) is 15.1. The van der Waals surface area contributed by atoms with Crippen molar-refractivity contribution in [2.24, 2.45) is 0 Å². The molecule has 1 aliphatic heterocycles. The van der Waals surface area contributed by atoms with E-state index in [1.807, 2.05) is 30.9 Å². The number of benzene rings is 2. The predicted octanol–water partition coefficient (Wildman–Crippen LogP) is 5.43. The fraction of sp³-hybridized carbons (Fsp3) is 0.379. The average Bonchev–Trinajstić information content (AvgIpc) is 3.36. The number of hydrogen-bond donors (Lipinski definition) is 0. The van der Waals surface area contributed by atoms with Crippen molar-refractivity contribution in [1.82, 2.24) is 9.80 Å². The van der Waals surface area contributed by atoms with Gasteiger partial charge in [0.2, 0.25) is 5.91 Å². The molecule has 0 radical (unpaired) electrons. The molecule has 0 unspecified atom stereocenters. The number of amides is 2. The molecule has 2 aromatic carbocycles. The van der Waals surface area contributed by atoms with Gasteiger partial charge in [0.1, 0.15) is 24.7 Å². The van der Waals surface area contributed by atoms with Crippen LogP contribution >= 0.6 is 11.3 Å². The van der Waals surface area contributed by atoms with Crippen LogP contribution in [0.2, 0.25) is 0 Å². The summed E-state index contributed by atoms with van der Waals surface area (Å²) in [5.74, 6) is 1.31. The Hall–Kier alpha value is -3.32. The van der Waals surface area contributed by atoms with Crippen LogP contribution in [0.3, 0.4) is 0 Å². The van der Waals surface area contributed by atoms with Crippen LogP contribution in [-0.2, 0) is 11.2 Å². The second kappa shape index (κ2) is 11.6. The monoisotopic (exact) mass is 506 g/mol. The first-order valence-corrected chi connectivity index (χ1v) is 13.3. The Balaban J connectivity index is 1.52. The lowest BCUT2D eigenvalue weighted by molar-refractivity contribution is -0.135. The van der Waals surface area contributed by atoms with Gasteiger partial charge in [-0.05, 0) is 79.6 Å². The summed E-state index contributed by atoms with van der Waals surface area (Å²) >= 11 is 1.73. The molecule has 0 saturated heterocycles. The van der Waals surface area contributed by atoms with Crippen molar-refractivity contribution in [2.45, 2.75) is 39.7 Å². The summed E-state index contributed by atoms with van der Waals surface area (Å²) in [5, 5.41) is 2.08. The molecule has 36 heavy (non-hydrogen) atoms. The quantitative estimate of drug-likeness (QED) is 0.388. The molecule has 7 heteroatoms. The number of thiophene rings is 1. The zero-order valence-corrected chi connectivity index (χ0v) is 22.3. The lowest BCUT2D eigenvalue weighted by atomic mass is 10.00. The van der Waals surface area contributed by atoms with E-state index < -0.39 is 0 Å². The van der Waals surface area contributed by atoms with E-state index in [-0.39, 0.29) is 24.4 Å². The van der Waals surface area contributed by atoms with Crippen molar-refractivity contribution in [1.29, 1.82) is 0 Å². The maximum Gasteiger partial charge on any atom is 0.254 e. The number of rotatable bonds is 9. The number of ether oxygens (including phenoxy) is 2. The molecular formula is C29H34N2O4S. The minimum absolute atomic E-state index is 0.0399.